The molecule has 2 N–H and O–H groups in total. The second kappa shape index (κ2) is 7.64. The van der Waals surface area contributed by atoms with Gasteiger partial charge in [-0.1, -0.05) is 12.1 Å². The maximum atomic E-state index is 12.4. The topological polar surface area (TPSA) is 102 Å². The maximum absolute atomic E-state index is 12.4. The van der Waals surface area contributed by atoms with Gasteiger partial charge in [0.15, 0.2) is 5.82 Å². The summed E-state index contributed by atoms with van der Waals surface area (Å²) in [5.41, 5.74) is 1.92. The van der Waals surface area contributed by atoms with Crippen LogP contribution < -0.4 is 15.6 Å². The largest absolute Gasteiger partial charge is 0.497 e. The Hall–Kier alpha value is -3.42. The summed E-state index contributed by atoms with van der Waals surface area (Å²) in [6.07, 6.45) is 2.20. The predicted octanol–water partition coefficient (Wildman–Crippen LogP) is 1.25. The standard InChI is InChI=1S/C18H19N5O3/c1-12-15(11-20-23(12)16-7-8-17(24)22-21-16)18(25)19-10-9-13-3-5-14(26-2)6-4-13/h3-8,11H,9-10H2,1-2H3,(H,19,25)(H,22,24). The number of H-pyrrole nitrogens is 1. The molecule has 0 aliphatic rings. The highest BCUT2D eigenvalue weighted by Crippen LogP contribution is 2.13. The Bertz CT molecular complexity index is 939. The van der Waals surface area contributed by atoms with Crippen molar-refractivity contribution in [2.45, 2.75) is 13.3 Å². The van der Waals surface area contributed by atoms with Crippen LogP contribution >= 0.6 is 0 Å². The summed E-state index contributed by atoms with van der Waals surface area (Å²) in [6.45, 7) is 2.28. The van der Waals surface area contributed by atoms with Crippen molar-refractivity contribution >= 4 is 5.91 Å². The Morgan fingerprint density at radius 2 is 2.00 bits per heavy atom. The molecule has 8 heteroatoms. The molecule has 0 saturated carbocycles. The molecule has 134 valence electrons. The van der Waals surface area contributed by atoms with Crippen LogP contribution in [-0.2, 0) is 6.42 Å². The van der Waals surface area contributed by atoms with E-state index >= 15 is 0 Å². The van der Waals surface area contributed by atoms with Gasteiger partial charge in [-0.25, -0.2) is 9.78 Å². The Morgan fingerprint density at radius 3 is 2.65 bits per heavy atom. The minimum atomic E-state index is -0.296. The normalized spacial score (nSPS) is 10.5. The van der Waals surface area contributed by atoms with E-state index in [-0.39, 0.29) is 11.5 Å². The molecule has 0 saturated heterocycles. The molecule has 0 fully saturated rings. The van der Waals surface area contributed by atoms with Crippen LogP contribution in [0.4, 0.5) is 0 Å². The molecule has 3 rings (SSSR count). The maximum Gasteiger partial charge on any atom is 0.264 e. The fourth-order valence-corrected chi connectivity index (χ4v) is 2.53. The number of aromatic amines is 1. The number of amides is 1. The second-order valence-corrected chi connectivity index (χ2v) is 5.69. The summed E-state index contributed by atoms with van der Waals surface area (Å²) in [4.78, 5) is 23.5. The van der Waals surface area contributed by atoms with Crippen LogP contribution in [0.2, 0.25) is 0 Å². The fraction of sp³-hybridized carbons (Fsp3) is 0.222. The molecule has 0 aliphatic carbocycles. The number of nitrogens with zero attached hydrogens (tertiary/aromatic N) is 3. The van der Waals surface area contributed by atoms with E-state index in [1.54, 1.807) is 20.1 Å². The molecular weight excluding hydrogens is 334 g/mol. The van der Waals surface area contributed by atoms with Crippen molar-refractivity contribution < 1.29 is 9.53 Å². The third kappa shape index (κ3) is 3.80. The van der Waals surface area contributed by atoms with Crippen molar-refractivity contribution in [3.63, 3.8) is 0 Å². The van der Waals surface area contributed by atoms with Crippen LogP contribution in [0.1, 0.15) is 21.6 Å². The smallest absolute Gasteiger partial charge is 0.264 e. The van der Waals surface area contributed by atoms with Crippen LogP contribution in [0.15, 0.2) is 47.4 Å². The Balaban J connectivity index is 1.63. The van der Waals surface area contributed by atoms with E-state index in [1.165, 1.54) is 16.9 Å². The number of ether oxygens (including phenoxy) is 1. The molecule has 0 unspecified atom stereocenters. The zero-order chi connectivity index (χ0) is 18.5. The van der Waals surface area contributed by atoms with Gasteiger partial charge in [-0.3, -0.25) is 9.59 Å². The first-order chi connectivity index (χ1) is 12.6. The minimum Gasteiger partial charge on any atom is -0.497 e. The number of aromatic nitrogens is 4. The van der Waals surface area contributed by atoms with Gasteiger partial charge in [-0.05, 0) is 37.1 Å². The number of carbonyl (C=O) groups excluding carboxylic acids is 1. The first kappa shape index (κ1) is 17.4. The molecule has 3 aromatic rings. The zero-order valence-corrected chi connectivity index (χ0v) is 14.5. The highest BCUT2D eigenvalue weighted by Gasteiger charge is 2.15. The van der Waals surface area contributed by atoms with Crippen molar-refractivity contribution in [3.05, 3.63) is 69.8 Å². The van der Waals surface area contributed by atoms with Gasteiger partial charge in [0.05, 0.1) is 24.6 Å². The van der Waals surface area contributed by atoms with Crippen molar-refractivity contribution in [2.75, 3.05) is 13.7 Å². The van der Waals surface area contributed by atoms with Crippen LogP contribution in [0.25, 0.3) is 5.82 Å². The van der Waals surface area contributed by atoms with Crippen LogP contribution in [0, 0.1) is 6.92 Å². The molecule has 2 aromatic heterocycles. The van der Waals surface area contributed by atoms with Gasteiger partial charge in [0, 0.05) is 12.6 Å². The number of rotatable bonds is 6. The molecule has 8 nitrogen and oxygen atoms in total. The quantitative estimate of drug-likeness (QED) is 0.694. The number of nitrogens with one attached hydrogen (secondary N) is 2. The number of carbonyl (C=O) groups is 1. The van der Waals surface area contributed by atoms with Gasteiger partial charge in [0.25, 0.3) is 11.5 Å². The number of benzene rings is 1. The highest BCUT2D eigenvalue weighted by molar-refractivity contribution is 5.95. The summed E-state index contributed by atoms with van der Waals surface area (Å²) in [5.74, 6) is 1.04. The second-order valence-electron chi connectivity index (χ2n) is 5.69. The summed E-state index contributed by atoms with van der Waals surface area (Å²) < 4.78 is 6.63. The number of hydrogen-bond donors (Lipinski definition) is 2. The zero-order valence-electron chi connectivity index (χ0n) is 14.5. The fourth-order valence-electron chi connectivity index (χ4n) is 2.53. The molecule has 0 radical (unpaired) electrons. The molecule has 0 spiro atoms. The molecule has 1 amide bonds. The molecular formula is C18H19N5O3. The van der Waals surface area contributed by atoms with Crippen LogP contribution in [0.3, 0.4) is 0 Å². The van der Waals surface area contributed by atoms with Gasteiger partial charge in [0.1, 0.15) is 5.75 Å². The number of hydrogen-bond acceptors (Lipinski definition) is 5. The van der Waals surface area contributed by atoms with Gasteiger partial charge >= 0.3 is 0 Å². The molecule has 26 heavy (non-hydrogen) atoms. The monoisotopic (exact) mass is 353 g/mol. The lowest BCUT2D eigenvalue weighted by molar-refractivity contribution is 0.0953. The van der Waals surface area contributed by atoms with Crippen molar-refractivity contribution in [1.82, 2.24) is 25.3 Å². The highest BCUT2D eigenvalue weighted by atomic mass is 16.5. The van der Waals surface area contributed by atoms with Gasteiger partial charge in [-0.15, -0.1) is 0 Å². The summed E-state index contributed by atoms with van der Waals surface area (Å²) in [7, 11) is 1.63. The lowest BCUT2D eigenvalue weighted by atomic mass is 10.1. The van der Waals surface area contributed by atoms with Crippen molar-refractivity contribution in [2.24, 2.45) is 0 Å². The first-order valence-electron chi connectivity index (χ1n) is 8.10. The van der Waals surface area contributed by atoms with Crippen molar-refractivity contribution in [1.29, 1.82) is 0 Å². The average molecular weight is 353 g/mol. The van der Waals surface area contributed by atoms with Gasteiger partial charge in [0.2, 0.25) is 0 Å². The summed E-state index contributed by atoms with van der Waals surface area (Å²) >= 11 is 0. The average Bonchev–Trinajstić information content (AvgIpc) is 3.04. The lowest BCUT2D eigenvalue weighted by Crippen LogP contribution is -2.26. The third-order valence-electron chi connectivity index (χ3n) is 3.99. The lowest BCUT2D eigenvalue weighted by Gasteiger charge is -2.07. The van der Waals surface area contributed by atoms with Gasteiger partial charge in [-0.2, -0.15) is 10.2 Å². The Kier molecular flexibility index (Phi) is 5.12. The van der Waals surface area contributed by atoms with Gasteiger partial charge < -0.3 is 10.1 Å². The van der Waals surface area contributed by atoms with Crippen LogP contribution in [-0.4, -0.2) is 39.5 Å². The summed E-state index contributed by atoms with van der Waals surface area (Å²) in [6, 6.07) is 10.6. The third-order valence-corrected chi connectivity index (χ3v) is 3.99. The SMILES string of the molecule is COc1ccc(CCNC(=O)c2cnn(-c3ccc(=O)[nH]n3)c2C)cc1. The van der Waals surface area contributed by atoms with E-state index in [0.29, 0.717) is 30.0 Å². The summed E-state index contributed by atoms with van der Waals surface area (Å²) in [5, 5.41) is 13.3. The molecule has 0 atom stereocenters. The molecule has 0 bridgehead atoms. The molecule has 0 aliphatic heterocycles. The van der Waals surface area contributed by atoms with E-state index in [2.05, 4.69) is 20.6 Å². The van der Waals surface area contributed by atoms with E-state index in [1.807, 2.05) is 24.3 Å². The first-order valence-corrected chi connectivity index (χ1v) is 8.10. The van der Waals surface area contributed by atoms with E-state index in [0.717, 1.165) is 11.3 Å². The molecule has 2 heterocycles. The van der Waals surface area contributed by atoms with E-state index in [4.69, 9.17) is 4.74 Å². The van der Waals surface area contributed by atoms with E-state index in [9.17, 15) is 9.59 Å². The molecule has 1 aromatic carbocycles. The predicted molar refractivity (Wildman–Crippen MR) is 95.7 cm³/mol. The van der Waals surface area contributed by atoms with E-state index < -0.39 is 0 Å². The Morgan fingerprint density at radius 1 is 1.23 bits per heavy atom. The minimum absolute atomic E-state index is 0.202. The number of methoxy groups -OCH3 is 1. The van der Waals surface area contributed by atoms with Crippen LogP contribution in [0.5, 0.6) is 5.75 Å². The Labute approximate surface area is 149 Å². The van der Waals surface area contributed by atoms with Crippen molar-refractivity contribution in [3.8, 4) is 11.6 Å².